The fourth-order valence-electron chi connectivity index (χ4n) is 3.22. The summed E-state index contributed by atoms with van der Waals surface area (Å²) in [6.07, 6.45) is -0.396. The van der Waals surface area contributed by atoms with Gasteiger partial charge in [-0.2, -0.15) is 0 Å². The fraction of sp³-hybridized carbons (Fsp3) is 0.0455. The molecule has 0 aliphatic heterocycles. The second kappa shape index (κ2) is 6.17. The number of carbonyl (C=O) groups excluding carboxylic acids is 1. The molecule has 0 heterocycles. The Labute approximate surface area is 140 Å². The van der Waals surface area contributed by atoms with Gasteiger partial charge in [0, 0.05) is 0 Å². The van der Waals surface area contributed by atoms with Crippen molar-refractivity contribution < 1.29 is 9.53 Å². The highest BCUT2D eigenvalue weighted by atomic mass is 16.5. The van der Waals surface area contributed by atoms with E-state index in [0.717, 1.165) is 11.1 Å². The van der Waals surface area contributed by atoms with E-state index in [4.69, 9.17) is 4.74 Å². The molecule has 0 spiro atoms. The number of rotatable bonds is 4. The molecular formula is C22H16O2. The second-order valence-electron chi connectivity index (χ2n) is 5.79. The largest absolute Gasteiger partial charge is 0.455 e. The van der Waals surface area contributed by atoms with E-state index in [1.165, 1.54) is 21.5 Å². The quantitative estimate of drug-likeness (QED) is 0.380. The molecule has 0 aliphatic carbocycles. The van der Waals surface area contributed by atoms with Crippen LogP contribution in [0.15, 0.2) is 84.9 Å². The van der Waals surface area contributed by atoms with Crippen molar-refractivity contribution in [2.45, 2.75) is 6.10 Å². The van der Waals surface area contributed by atoms with Crippen molar-refractivity contribution in [1.29, 1.82) is 0 Å². The Morgan fingerprint density at radius 3 is 2.12 bits per heavy atom. The third-order valence-electron chi connectivity index (χ3n) is 4.37. The van der Waals surface area contributed by atoms with Gasteiger partial charge in [0.25, 0.3) is 6.47 Å². The van der Waals surface area contributed by atoms with Crippen LogP contribution < -0.4 is 0 Å². The number of benzene rings is 4. The van der Waals surface area contributed by atoms with E-state index >= 15 is 0 Å². The van der Waals surface area contributed by atoms with Crippen molar-refractivity contribution in [1.82, 2.24) is 0 Å². The fourth-order valence-corrected chi connectivity index (χ4v) is 3.22. The normalized spacial score (nSPS) is 12.2. The molecule has 0 saturated heterocycles. The first kappa shape index (κ1) is 14.5. The van der Waals surface area contributed by atoms with E-state index in [0.29, 0.717) is 6.47 Å². The summed E-state index contributed by atoms with van der Waals surface area (Å²) in [5, 5.41) is 4.75. The van der Waals surface area contributed by atoms with Gasteiger partial charge in [0.1, 0.15) is 0 Å². The average Bonchev–Trinajstić information content (AvgIpc) is 2.66. The summed E-state index contributed by atoms with van der Waals surface area (Å²) >= 11 is 0. The molecule has 116 valence electrons. The molecule has 0 saturated carbocycles. The standard InChI is InChI=1S/C22H16O2/c23-15-24-22(18-7-2-1-3-8-18)19-13-12-17-11-10-16-6-4-5-9-20(16)21(17)14-19/h1-15,22H. The third kappa shape index (κ3) is 2.52. The predicted molar refractivity (Wildman–Crippen MR) is 96.9 cm³/mol. The molecule has 2 heteroatoms. The molecular weight excluding hydrogens is 296 g/mol. The maximum atomic E-state index is 11.0. The van der Waals surface area contributed by atoms with Crippen LogP contribution in [0.1, 0.15) is 17.2 Å². The summed E-state index contributed by atoms with van der Waals surface area (Å²) in [5.41, 5.74) is 1.93. The lowest BCUT2D eigenvalue weighted by atomic mass is 9.95. The van der Waals surface area contributed by atoms with Gasteiger partial charge in [0.05, 0.1) is 0 Å². The van der Waals surface area contributed by atoms with Gasteiger partial charge in [0.15, 0.2) is 6.10 Å². The zero-order valence-electron chi connectivity index (χ0n) is 13.1. The topological polar surface area (TPSA) is 26.3 Å². The van der Waals surface area contributed by atoms with Crippen molar-refractivity contribution in [3.8, 4) is 0 Å². The first-order valence-electron chi connectivity index (χ1n) is 7.92. The number of ether oxygens (including phenoxy) is 1. The summed E-state index contributed by atoms with van der Waals surface area (Å²) < 4.78 is 5.39. The van der Waals surface area contributed by atoms with Crippen LogP contribution >= 0.6 is 0 Å². The van der Waals surface area contributed by atoms with E-state index in [1.807, 2.05) is 48.5 Å². The summed E-state index contributed by atoms with van der Waals surface area (Å²) in [5.74, 6) is 0. The molecule has 0 radical (unpaired) electrons. The number of carbonyl (C=O) groups is 1. The van der Waals surface area contributed by atoms with Crippen molar-refractivity contribution in [3.63, 3.8) is 0 Å². The lowest BCUT2D eigenvalue weighted by Crippen LogP contribution is -2.05. The van der Waals surface area contributed by atoms with Crippen LogP contribution in [-0.2, 0) is 9.53 Å². The van der Waals surface area contributed by atoms with Gasteiger partial charge >= 0.3 is 0 Å². The summed E-state index contributed by atoms with van der Waals surface area (Å²) in [6.45, 7) is 0.519. The Hall–Kier alpha value is -3.13. The molecule has 0 aromatic heterocycles. The highest BCUT2D eigenvalue weighted by molar-refractivity contribution is 6.07. The molecule has 24 heavy (non-hydrogen) atoms. The van der Waals surface area contributed by atoms with Crippen LogP contribution in [0.25, 0.3) is 21.5 Å². The molecule has 1 unspecified atom stereocenters. The van der Waals surface area contributed by atoms with Crippen molar-refractivity contribution >= 4 is 28.0 Å². The van der Waals surface area contributed by atoms with Crippen LogP contribution in [0.5, 0.6) is 0 Å². The highest BCUT2D eigenvalue weighted by Crippen LogP contribution is 2.31. The minimum absolute atomic E-state index is 0.396. The van der Waals surface area contributed by atoms with Crippen molar-refractivity contribution in [2.75, 3.05) is 0 Å². The number of hydrogen-bond acceptors (Lipinski definition) is 2. The molecule has 4 aromatic carbocycles. The zero-order valence-corrected chi connectivity index (χ0v) is 13.1. The molecule has 0 aliphatic rings. The van der Waals surface area contributed by atoms with Gasteiger partial charge < -0.3 is 4.74 Å². The molecule has 0 amide bonds. The second-order valence-corrected chi connectivity index (χ2v) is 5.79. The van der Waals surface area contributed by atoms with Crippen LogP contribution in [0.4, 0.5) is 0 Å². The first-order valence-corrected chi connectivity index (χ1v) is 7.92. The lowest BCUT2D eigenvalue weighted by molar-refractivity contribution is -0.132. The summed E-state index contributed by atoms with van der Waals surface area (Å²) in [4.78, 5) is 11.0. The smallest absolute Gasteiger partial charge is 0.294 e. The van der Waals surface area contributed by atoms with Crippen LogP contribution in [0.2, 0.25) is 0 Å². The third-order valence-corrected chi connectivity index (χ3v) is 4.37. The molecule has 0 bridgehead atoms. The SMILES string of the molecule is O=COC(c1ccccc1)c1ccc2ccc3ccccc3c2c1. The average molecular weight is 312 g/mol. The van der Waals surface area contributed by atoms with Gasteiger partial charge in [-0.15, -0.1) is 0 Å². The Kier molecular flexibility index (Phi) is 3.72. The maximum absolute atomic E-state index is 11.0. The monoisotopic (exact) mass is 312 g/mol. The molecule has 0 N–H and O–H groups in total. The Balaban J connectivity index is 1.92. The van der Waals surface area contributed by atoms with Crippen LogP contribution in [0, 0.1) is 0 Å². The Bertz CT molecular complexity index is 1010. The lowest BCUT2D eigenvalue weighted by Gasteiger charge is -2.17. The highest BCUT2D eigenvalue weighted by Gasteiger charge is 2.15. The van der Waals surface area contributed by atoms with E-state index in [1.54, 1.807) is 0 Å². The Morgan fingerprint density at radius 2 is 1.33 bits per heavy atom. The van der Waals surface area contributed by atoms with E-state index in [-0.39, 0.29) is 0 Å². The van der Waals surface area contributed by atoms with E-state index in [9.17, 15) is 4.79 Å². The van der Waals surface area contributed by atoms with E-state index in [2.05, 4.69) is 36.4 Å². The van der Waals surface area contributed by atoms with Gasteiger partial charge in [-0.25, -0.2) is 0 Å². The maximum Gasteiger partial charge on any atom is 0.294 e. The van der Waals surface area contributed by atoms with Gasteiger partial charge in [-0.1, -0.05) is 78.9 Å². The predicted octanol–water partition coefficient (Wildman–Crippen LogP) is 5.26. The zero-order chi connectivity index (χ0) is 16.4. The van der Waals surface area contributed by atoms with Gasteiger partial charge in [-0.3, -0.25) is 4.79 Å². The molecule has 2 nitrogen and oxygen atoms in total. The van der Waals surface area contributed by atoms with Gasteiger partial charge in [0.2, 0.25) is 0 Å². The minimum Gasteiger partial charge on any atom is -0.455 e. The molecule has 1 atom stereocenters. The molecule has 0 fully saturated rings. The first-order chi connectivity index (χ1) is 11.9. The van der Waals surface area contributed by atoms with Crippen LogP contribution in [0.3, 0.4) is 0 Å². The summed E-state index contributed by atoms with van der Waals surface area (Å²) in [6, 6.07) is 28.6. The Morgan fingerprint density at radius 1 is 0.667 bits per heavy atom. The molecule has 4 rings (SSSR count). The number of fused-ring (bicyclic) bond motifs is 3. The van der Waals surface area contributed by atoms with Crippen molar-refractivity contribution in [3.05, 3.63) is 96.1 Å². The van der Waals surface area contributed by atoms with Crippen LogP contribution in [-0.4, -0.2) is 6.47 Å². The number of hydrogen-bond donors (Lipinski definition) is 0. The minimum atomic E-state index is -0.396. The van der Waals surface area contributed by atoms with Gasteiger partial charge in [-0.05, 0) is 38.7 Å². The van der Waals surface area contributed by atoms with Crippen molar-refractivity contribution in [2.24, 2.45) is 0 Å². The van der Waals surface area contributed by atoms with E-state index < -0.39 is 6.10 Å². The molecule has 4 aromatic rings. The summed E-state index contributed by atoms with van der Waals surface area (Å²) in [7, 11) is 0.